The maximum absolute atomic E-state index is 13.2. The monoisotopic (exact) mass is 411 g/mol. The Kier molecular flexibility index (Phi) is 6.01. The molecule has 1 unspecified atom stereocenters. The number of aromatic nitrogens is 2. The summed E-state index contributed by atoms with van der Waals surface area (Å²) in [7, 11) is 1.65. The van der Waals surface area contributed by atoms with Crippen molar-refractivity contribution < 1.29 is 4.74 Å². The number of ether oxygens (including phenoxy) is 1. The Hall–Kier alpha value is -2.18. The zero-order valence-corrected chi connectivity index (χ0v) is 18.2. The number of aryl methyl sites for hydroxylation is 1. The molecule has 1 atom stereocenters. The Morgan fingerprint density at radius 1 is 1.38 bits per heavy atom. The van der Waals surface area contributed by atoms with Gasteiger partial charge in [-0.1, -0.05) is 26.0 Å². The second-order valence-electron chi connectivity index (χ2n) is 8.29. The van der Waals surface area contributed by atoms with Gasteiger partial charge in [0.15, 0.2) is 0 Å². The van der Waals surface area contributed by atoms with E-state index in [1.54, 1.807) is 29.3 Å². The third kappa shape index (κ3) is 4.38. The lowest BCUT2D eigenvalue weighted by Gasteiger charge is -2.23. The van der Waals surface area contributed by atoms with Gasteiger partial charge in [-0.2, -0.15) is 0 Å². The summed E-state index contributed by atoms with van der Waals surface area (Å²) in [6.45, 7) is 6.08. The highest BCUT2D eigenvalue weighted by atomic mass is 32.1. The molecule has 1 aliphatic rings. The van der Waals surface area contributed by atoms with Crippen LogP contribution in [0.4, 0.5) is 0 Å². The number of hydrogen-bond donors (Lipinski definition) is 1. The highest BCUT2D eigenvalue weighted by Gasteiger charge is 2.25. The fourth-order valence-electron chi connectivity index (χ4n) is 4.03. The van der Waals surface area contributed by atoms with Crippen LogP contribution in [0.3, 0.4) is 0 Å². The molecule has 154 valence electrons. The topological polar surface area (TPSA) is 56.2 Å². The first-order valence-corrected chi connectivity index (χ1v) is 11.2. The fraction of sp³-hybridized carbons (Fsp3) is 0.478. The van der Waals surface area contributed by atoms with Crippen LogP contribution in [0.1, 0.15) is 42.7 Å². The minimum atomic E-state index is 0.0709. The van der Waals surface area contributed by atoms with Gasteiger partial charge in [-0.05, 0) is 61.4 Å². The molecule has 0 aliphatic heterocycles. The SMILES string of the molecule is COc1cccc(Cn2cnc3sc4c(c3c2=O)CCC(NCCC(C)C)C4)c1. The number of hydrogen-bond acceptors (Lipinski definition) is 5. The molecular weight excluding hydrogens is 382 g/mol. The number of fused-ring (bicyclic) bond motifs is 3. The lowest BCUT2D eigenvalue weighted by atomic mass is 9.93. The molecule has 5 nitrogen and oxygen atoms in total. The van der Waals surface area contributed by atoms with Gasteiger partial charge in [-0.15, -0.1) is 11.3 Å². The Morgan fingerprint density at radius 3 is 3.03 bits per heavy atom. The summed E-state index contributed by atoms with van der Waals surface area (Å²) < 4.78 is 7.02. The molecule has 0 saturated carbocycles. The third-order valence-corrected chi connectivity index (χ3v) is 6.84. The molecule has 3 aromatic rings. The van der Waals surface area contributed by atoms with Crippen LogP contribution in [0.25, 0.3) is 10.2 Å². The summed E-state index contributed by atoms with van der Waals surface area (Å²) in [6.07, 6.45) is 5.93. The normalized spacial score (nSPS) is 16.3. The highest BCUT2D eigenvalue weighted by molar-refractivity contribution is 7.18. The Labute approximate surface area is 175 Å². The van der Waals surface area contributed by atoms with Crippen LogP contribution in [0.5, 0.6) is 5.75 Å². The van der Waals surface area contributed by atoms with Gasteiger partial charge in [0, 0.05) is 10.9 Å². The molecule has 2 heterocycles. The first-order valence-electron chi connectivity index (χ1n) is 10.4. The van der Waals surface area contributed by atoms with E-state index in [-0.39, 0.29) is 5.56 Å². The van der Waals surface area contributed by atoms with E-state index in [1.807, 2.05) is 24.3 Å². The minimum Gasteiger partial charge on any atom is -0.497 e. The maximum Gasteiger partial charge on any atom is 0.262 e. The fourth-order valence-corrected chi connectivity index (χ4v) is 5.29. The van der Waals surface area contributed by atoms with E-state index >= 15 is 0 Å². The highest BCUT2D eigenvalue weighted by Crippen LogP contribution is 2.33. The Bertz CT molecular complexity index is 1050. The van der Waals surface area contributed by atoms with Crippen molar-refractivity contribution in [3.8, 4) is 5.75 Å². The number of rotatable bonds is 7. The number of thiophene rings is 1. The average Bonchev–Trinajstić information content (AvgIpc) is 3.08. The van der Waals surface area contributed by atoms with E-state index in [4.69, 9.17) is 4.74 Å². The molecule has 0 radical (unpaired) electrons. The maximum atomic E-state index is 13.2. The molecule has 1 N–H and O–H groups in total. The van der Waals surface area contributed by atoms with Gasteiger partial charge in [0.1, 0.15) is 10.6 Å². The third-order valence-electron chi connectivity index (χ3n) is 5.68. The lowest BCUT2D eigenvalue weighted by molar-refractivity contribution is 0.414. The van der Waals surface area contributed by atoms with Gasteiger partial charge in [0.25, 0.3) is 5.56 Å². The largest absolute Gasteiger partial charge is 0.497 e. The van der Waals surface area contributed by atoms with Gasteiger partial charge < -0.3 is 10.1 Å². The molecule has 0 spiro atoms. The summed E-state index contributed by atoms with van der Waals surface area (Å²) in [5.74, 6) is 1.52. The smallest absolute Gasteiger partial charge is 0.262 e. The molecule has 1 aliphatic carbocycles. The van der Waals surface area contributed by atoms with E-state index in [2.05, 4.69) is 24.1 Å². The van der Waals surface area contributed by atoms with Crippen LogP contribution in [0.2, 0.25) is 0 Å². The predicted octanol–water partition coefficient (Wildman–Crippen LogP) is 4.01. The molecule has 4 rings (SSSR count). The van der Waals surface area contributed by atoms with Crippen LogP contribution in [0.15, 0.2) is 35.4 Å². The van der Waals surface area contributed by atoms with E-state index in [9.17, 15) is 4.79 Å². The molecule has 29 heavy (non-hydrogen) atoms. The summed E-state index contributed by atoms with van der Waals surface area (Å²) >= 11 is 1.69. The number of nitrogens with one attached hydrogen (secondary N) is 1. The zero-order chi connectivity index (χ0) is 20.4. The van der Waals surface area contributed by atoms with Crippen molar-refractivity contribution in [1.82, 2.24) is 14.9 Å². The van der Waals surface area contributed by atoms with E-state index < -0.39 is 0 Å². The Morgan fingerprint density at radius 2 is 2.24 bits per heavy atom. The van der Waals surface area contributed by atoms with Crippen LogP contribution in [0, 0.1) is 5.92 Å². The molecule has 2 aromatic heterocycles. The number of methoxy groups -OCH3 is 1. The van der Waals surface area contributed by atoms with E-state index in [1.165, 1.54) is 16.9 Å². The summed E-state index contributed by atoms with van der Waals surface area (Å²) in [4.78, 5) is 20.1. The molecule has 6 heteroatoms. The number of nitrogens with zero attached hydrogens (tertiary/aromatic N) is 2. The van der Waals surface area contributed by atoms with E-state index in [0.717, 1.165) is 53.3 Å². The molecule has 0 fully saturated rings. The molecule has 1 aromatic carbocycles. The molecule has 0 bridgehead atoms. The van der Waals surface area contributed by atoms with Gasteiger partial charge in [0.05, 0.1) is 25.4 Å². The second-order valence-corrected chi connectivity index (χ2v) is 9.37. The quantitative estimate of drug-likeness (QED) is 0.638. The van der Waals surface area contributed by atoms with Crippen LogP contribution >= 0.6 is 11.3 Å². The minimum absolute atomic E-state index is 0.0709. The molecule has 0 saturated heterocycles. The van der Waals surface area contributed by atoms with Gasteiger partial charge in [-0.3, -0.25) is 9.36 Å². The van der Waals surface area contributed by atoms with Crippen molar-refractivity contribution in [1.29, 1.82) is 0 Å². The first-order chi connectivity index (χ1) is 14.0. The summed E-state index contributed by atoms with van der Waals surface area (Å²) in [5, 5.41) is 4.53. The number of benzene rings is 1. The molecule has 0 amide bonds. The first kappa shape index (κ1) is 20.1. The van der Waals surface area contributed by atoms with Crippen LogP contribution in [-0.2, 0) is 19.4 Å². The van der Waals surface area contributed by atoms with Gasteiger partial charge >= 0.3 is 0 Å². The lowest BCUT2D eigenvalue weighted by Crippen LogP contribution is -2.35. The standard InChI is InChI=1S/C23H29N3O2S/c1-15(2)9-10-24-17-7-8-19-20(12-17)29-22-21(19)23(27)26(14-25-22)13-16-5-4-6-18(11-16)28-3/h4-6,11,14-15,17,24H,7-10,12-13H2,1-3H3. The average molecular weight is 412 g/mol. The van der Waals surface area contributed by atoms with Crippen LogP contribution in [-0.4, -0.2) is 29.2 Å². The second kappa shape index (κ2) is 8.67. The summed E-state index contributed by atoms with van der Waals surface area (Å²) in [5.41, 5.74) is 2.33. The Balaban J connectivity index is 1.57. The van der Waals surface area contributed by atoms with E-state index in [0.29, 0.717) is 12.6 Å². The van der Waals surface area contributed by atoms with Crippen LogP contribution < -0.4 is 15.6 Å². The molecular formula is C23H29N3O2S. The van der Waals surface area contributed by atoms with Crippen molar-refractivity contribution in [3.63, 3.8) is 0 Å². The zero-order valence-electron chi connectivity index (χ0n) is 17.4. The summed E-state index contributed by atoms with van der Waals surface area (Å²) in [6, 6.07) is 8.34. The van der Waals surface area contributed by atoms with Crippen molar-refractivity contribution in [2.24, 2.45) is 5.92 Å². The van der Waals surface area contributed by atoms with Crippen molar-refractivity contribution in [2.75, 3.05) is 13.7 Å². The van der Waals surface area contributed by atoms with Crippen molar-refractivity contribution in [2.45, 2.75) is 52.1 Å². The van der Waals surface area contributed by atoms with Crippen molar-refractivity contribution >= 4 is 21.6 Å². The predicted molar refractivity (Wildman–Crippen MR) is 119 cm³/mol. The van der Waals surface area contributed by atoms with Gasteiger partial charge in [-0.25, -0.2) is 4.98 Å². The van der Waals surface area contributed by atoms with Gasteiger partial charge in [0.2, 0.25) is 0 Å². The van der Waals surface area contributed by atoms with Crippen molar-refractivity contribution in [3.05, 3.63) is 57.0 Å².